The number of rotatable bonds is 3. The summed E-state index contributed by atoms with van der Waals surface area (Å²) in [7, 11) is 0. The van der Waals surface area contributed by atoms with Gasteiger partial charge in [0.25, 0.3) is 0 Å². The molecular formula is C14H19NO2. The highest BCUT2D eigenvalue weighted by atomic mass is 16.5. The Bertz CT molecular complexity index is 351. The SMILES string of the molecule is c1cc(N2CCCC2)ccc1O[C@H]1CCOC1. The van der Waals surface area contributed by atoms with Gasteiger partial charge in [-0.15, -0.1) is 0 Å². The van der Waals surface area contributed by atoms with E-state index in [-0.39, 0.29) is 6.10 Å². The lowest BCUT2D eigenvalue weighted by atomic mass is 10.2. The molecule has 0 spiro atoms. The summed E-state index contributed by atoms with van der Waals surface area (Å²) in [5.74, 6) is 0.962. The van der Waals surface area contributed by atoms with Crippen LogP contribution in [0.5, 0.6) is 5.75 Å². The molecule has 0 N–H and O–H groups in total. The zero-order valence-electron chi connectivity index (χ0n) is 10.1. The van der Waals surface area contributed by atoms with Gasteiger partial charge in [-0.2, -0.15) is 0 Å². The number of anilines is 1. The summed E-state index contributed by atoms with van der Waals surface area (Å²) < 4.78 is 11.2. The minimum atomic E-state index is 0.243. The Morgan fingerprint density at radius 1 is 1.12 bits per heavy atom. The Kier molecular flexibility index (Phi) is 3.18. The normalized spacial score (nSPS) is 24.2. The molecule has 2 aliphatic rings. The molecule has 1 atom stereocenters. The second-order valence-corrected chi connectivity index (χ2v) is 4.79. The zero-order valence-corrected chi connectivity index (χ0v) is 10.1. The molecule has 17 heavy (non-hydrogen) atoms. The predicted molar refractivity (Wildman–Crippen MR) is 67.7 cm³/mol. The van der Waals surface area contributed by atoms with Gasteiger partial charge in [-0.25, -0.2) is 0 Å². The van der Waals surface area contributed by atoms with Crippen LogP contribution in [0, 0.1) is 0 Å². The van der Waals surface area contributed by atoms with Crippen molar-refractivity contribution in [2.75, 3.05) is 31.2 Å². The molecule has 2 saturated heterocycles. The molecule has 0 amide bonds. The minimum Gasteiger partial charge on any atom is -0.488 e. The summed E-state index contributed by atoms with van der Waals surface area (Å²) in [5.41, 5.74) is 1.32. The van der Waals surface area contributed by atoms with E-state index in [0.717, 1.165) is 25.4 Å². The van der Waals surface area contributed by atoms with E-state index in [4.69, 9.17) is 9.47 Å². The van der Waals surface area contributed by atoms with Gasteiger partial charge in [-0.3, -0.25) is 0 Å². The van der Waals surface area contributed by atoms with Crippen molar-refractivity contribution in [2.45, 2.75) is 25.4 Å². The highest BCUT2D eigenvalue weighted by Crippen LogP contribution is 2.24. The van der Waals surface area contributed by atoms with Gasteiger partial charge in [0.15, 0.2) is 0 Å². The number of ether oxygens (including phenoxy) is 2. The fourth-order valence-electron chi connectivity index (χ4n) is 2.51. The maximum absolute atomic E-state index is 5.85. The summed E-state index contributed by atoms with van der Waals surface area (Å²) in [6, 6.07) is 8.48. The van der Waals surface area contributed by atoms with E-state index in [1.807, 2.05) is 0 Å². The van der Waals surface area contributed by atoms with Gasteiger partial charge in [0.2, 0.25) is 0 Å². The van der Waals surface area contributed by atoms with E-state index in [9.17, 15) is 0 Å². The summed E-state index contributed by atoms with van der Waals surface area (Å²) in [5, 5.41) is 0. The van der Waals surface area contributed by atoms with Gasteiger partial charge >= 0.3 is 0 Å². The van der Waals surface area contributed by atoms with Crippen LogP contribution in [0.3, 0.4) is 0 Å². The van der Waals surface area contributed by atoms with Gasteiger partial charge in [0.1, 0.15) is 11.9 Å². The first-order valence-corrected chi connectivity index (χ1v) is 6.51. The smallest absolute Gasteiger partial charge is 0.124 e. The van der Waals surface area contributed by atoms with Crippen molar-refractivity contribution in [3.05, 3.63) is 24.3 Å². The molecule has 0 radical (unpaired) electrons. The second kappa shape index (κ2) is 4.96. The standard InChI is InChI=1S/C14H19NO2/c1-2-9-15(8-1)12-3-5-13(6-4-12)17-14-7-10-16-11-14/h3-6,14H,1-2,7-11H2/t14-/m0/s1. The summed E-state index contributed by atoms with van der Waals surface area (Å²) in [6.45, 7) is 3.94. The quantitative estimate of drug-likeness (QED) is 0.800. The first kappa shape index (κ1) is 10.9. The molecule has 3 rings (SSSR count). The molecule has 2 heterocycles. The van der Waals surface area contributed by atoms with Gasteiger partial charge in [0, 0.05) is 25.2 Å². The van der Waals surface area contributed by atoms with Crippen LogP contribution < -0.4 is 9.64 Å². The lowest BCUT2D eigenvalue weighted by Crippen LogP contribution is -2.18. The van der Waals surface area contributed by atoms with E-state index in [2.05, 4.69) is 29.2 Å². The third kappa shape index (κ3) is 2.55. The Balaban J connectivity index is 1.62. The maximum Gasteiger partial charge on any atom is 0.124 e. The van der Waals surface area contributed by atoms with Crippen molar-refractivity contribution in [2.24, 2.45) is 0 Å². The number of benzene rings is 1. The Labute approximate surface area is 102 Å². The number of hydrogen-bond acceptors (Lipinski definition) is 3. The molecule has 2 aliphatic heterocycles. The summed E-state index contributed by atoms with van der Waals surface area (Å²) >= 11 is 0. The van der Waals surface area contributed by atoms with E-state index in [1.165, 1.54) is 31.6 Å². The van der Waals surface area contributed by atoms with E-state index in [1.54, 1.807) is 0 Å². The summed E-state index contributed by atoms with van der Waals surface area (Å²) in [6.07, 6.45) is 3.89. The lowest BCUT2D eigenvalue weighted by molar-refractivity contribution is 0.141. The first-order valence-electron chi connectivity index (χ1n) is 6.51. The van der Waals surface area contributed by atoms with Crippen LogP contribution in [-0.4, -0.2) is 32.4 Å². The van der Waals surface area contributed by atoms with E-state index in [0.29, 0.717) is 0 Å². The van der Waals surface area contributed by atoms with Gasteiger partial charge < -0.3 is 14.4 Å². The lowest BCUT2D eigenvalue weighted by Gasteiger charge is -2.18. The highest BCUT2D eigenvalue weighted by molar-refractivity contribution is 5.49. The Morgan fingerprint density at radius 3 is 2.53 bits per heavy atom. The second-order valence-electron chi connectivity index (χ2n) is 4.79. The van der Waals surface area contributed by atoms with Crippen molar-refractivity contribution >= 4 is 5.69 Å². The third-order valence-electron chi connectivity index (χ3n) is 3.50. The van der Waals surface area contributed by atoms with Crippen molar-refractivity contribution in [1.82, 2.24) is 0 Å². The largest absolute Gasteiger partial charge is 0.488 e. The van der Waals surface area contributed by atoms with Crippen LogP contribution in [0.25, 0.3) is 0 Å². The molecular weight excluding hydrogens is 214 g/mol. The predicted octanol–water partition coefficient (Wildman–Crippen LogP) is 2.45. The molecule has 3 heteroatoms. The molecule has 0 aromatic heterocycles. The van der Waals surface area contributed by atoms with Crippen LogP contribution in [0.1, 0.15) is 19.3 Å². The highest BCUT2D eigenvalue weighted by Gasteiger charge is 2.17. The molecule has 0 saturated carbocycles. The van der Waals surface area contributed by atoms with Crippen LogP contribution >= 0.6 is 0 Å². The monoisotopic (exact) mass is 233 g/mol. The number of nitrogens with zero attached hydrogens (tertiary/aromatic N) is 1. The van der Waals surface area contributed by atoms with Crippen LogP contribution in [-0.2, 0) is 4.74 Å². The van der Waals surface area contributed by atoms with Gasteiger partial charge in [-0.05, 0) is 37.1 Å². The average molecular weight is 233 g/mol. The van der Waals surface area contributed by atoms with E-state index >= 15 is 0 Å². The fourth-order valence-corrected chi connectivity index (χ4v) is 2.51. The summed E-state index contributed by atoms with van der Waals surface area (Å²) in [4.78, 5) is 2.43. The van der Waals surface area contributed by atoms with Crippen LogP contribution in [0.15, 0.2) is 24.3 Å². The topological polar surface area (TPSA) is 21.7 Å². The molecule has 1 aromatic carbocycles. The molecule has 0 aliphatic carbocycles. The molecule has 1 aromatic rings. The Hall–Kier alpha value is -1.22. The third-order valence-corrected chi connectivity index (χ3v) is 3.50. The molecule has 3 nitrogen and oxygen atoms in total. The van der Waals surface area contributed by atoms with Gasteiger partial charge in [0.05, 0.1) is 13.2 Å². The minimum absolute atomic E-state index is 0.243. The zero-order chi connectivity index (χ0) is 11.5. The molecule has 2 fully saturated rings. The maximum atomic E-state index is 5.85. The molecule has 0 bridgehead atoms. The first-order chi connectivity index (χ1) is 8.42. The van der Waals surface area contributed by atoms with Crippen LogP contribution in [0.4, 0.5) is 5.69 Å². The van der Waals surface area contributed by atoms with Crippen molar-refractivity contribution < 1.29 is 9.47 Å². The molecule has 0 unspecified atom stereocenters. The van der Waals surface area contributed by atoms with Crippen LogP contribution in [0.2, 0.25) is 0 Å². The van der Waals surface area contributed by atoms with Crippen molar-refractivity contribution in [3.63, 3.8) is 0 Å². The molecule has 92 valence electrons. The van der Waals surface area contributed by atoms with E-state index < -0.39 is 0 Å². The number of hydrogen-bond donors (Lipinski definition) is 0. The average Bonchev–Trinajstić information content (AvgIpc) is 3.01. The van der Waals surface area contributed by atoms with Crippen molar-refractivity contribution in [1.29, 1.82) is 0 Å². The van der Waals surface area contributed by atoms with Crippen molar-refractivity contribution in [3.8, 4) is 5.75 Å². The fraction of sp³-hybridized carbons (Fsp3) is 0.571. The Morgan fingerprint density at radius 2 is 1.88 bits per heavy atom. The van der Waals surface area contributed by atoms with Gasteiger partial charge in [-0.1, -0.05) is 0 Å².